The highest BCUT2D eigenvalue weighted by molar-refractivity contribution is 6.33. The maximum atomic E-state index is 13.4. The Labute approximate surface area is 143 Å². The topological polar surface area (TPSA) is 74.7 Å². The number of hydrogen-bond donors (Lipinski definition) is 1. The molecule has 1 aliphatic heterocycles. The third-order valence-corrected chi connectivity index (χ3v) is 3.88. The first-order valence-corrected chi connectivity index (χ1v) is 7.62. The van der Waals surface area contributed by atoms with Crippen LogP contribution in [-0.2, 0) is 9.59 Å². The molecule has 0 aliphatic carbocycles. The van der Waals surface area contributed by atoms with Gasteiger partial charge in [-0.15, -0.1) is 0 Å². The maximum absolute atomic E-state index is 13.4. The van der Waals surface area contributed by atoms with Crippen molar-refractivity contribution in [1.29, 1.82) is 0 Å². The SMILES string of the molecule is O=C(O)CCN1C(=O)/C(=C\c2cccc(F)c2)c2ccccc2C1=O. The van der Waals surface area contributed by atoms with E-state index in [0.29, 0.717) is 16.7 Å². The third kappa shape index (κ3) is 3.33. The van der Waals surface area contributed by atoms with Crippen molar-refractivity contribution in [3.63, 3.8) is 0 Å². The second kappa shape index (κ2) is 6.68. The summed E-state index contributed by atoms with van der Waals surface area (Å²) in [6.07, 6.45) is 1.16. The van der Waals surface area contributed by atoms with E-state index in [1.165, 1.54) is 24.3 Å². The Morgan fingerprint density at radius 3 is 2.44 bits per heavy atom. The molecule has 2 aromatic carbocycles. The van der Waals surface area contributed by atoms with E-state index in [0.717, 1.165) is 4.90 Å². The molecule has 0 saturated carbocycles. The number of nitrogens with zero attached hydrogens (tertiary/aromatic N) is 1. The van der Waals surface area contributed by atoms with Gasteiger partial charge in [0.05, 0.1) is 6.42 Å². The molecule has 0 fully saturated rings. The van der Waals surface area contributed by atoms with Crippen molar-refractivity contribution >= 4 is 29.4 Å². The molecule has 2 amide bonds. The average Bonchev–Trinajstić information content (AvgIpc) is 2.58. The molecule has 0 radical (unpaired) electrons. The Morgan fingerprint density at radius 1 is 1.04 bits per heavy atom. The third-order valence-electron chi connectivity index (χ3n) is 3.88. The largest absolute Gasteiger partial charge is 0.481 e. The van der Waals surface area contributed by atoms with E-state index in [1.54, 1.807) is 30.3 Å². The van der Waals surface area contributed by atoms with E-state index in [2.05, 4.69) is 0 Å². The van der Waals surface area contributed by atoms with E-state index in [1.807, 2.05) is 0 Å². The van der Waals surface area contributed by atoms with Gasteiger partial charge in [0.2, 0.25) is 0 Å². The summed E-state index contributed by atoms with van der Waals surface area (Å²) in [7, 11) is 0. The van der Waals surface area contributed by atoms with Gasteiger partial charge in [0.1, 0.15) is 5.82 Å². The number of carboxylic acids is 1. The van der Waals surface area contributed by atoms with Gasteiger partial charge >= 0.3 is 5.97 Å². The van der Waals surface area contributed by atoms with Crippen molar-refractivity contribution in [3.8, 4) is 0 Å². The second-order valence-corrected chi connectivity index (χ2v) is 5.56. The lowest BCUT2D eigenvalue weighted by molar-refractivity contribution is -0.137. The fraction of sp³-hybridized carbons (Fsp3) is 0.105. The molecular formula is C19H14FNO4. The zero-order valence-electron chi connectivity index (χ0n) is 13.1. The number of benzene rings is 2. The fourth-order valence-corrected chi connectivity index (χ4v) is 2.72. The molecule has 1 N–H and O–H groups in total. The lowest BCUT2D eigenvalue weighted by Crippen LogP contribution is -2.42. The number of carboxylic acid groups (broad SMARTS) is 1. The molecule has 0 unspecified atom stereocenters. The Morgan fingerprint density at radius 2 is 1.76 bits per heavy atom. The summed E-state index contributed by atoms with van der Waals surface area (Å²) in [4.78, 5) is 37.0. The molecule has 3 rings (SSSR count). The van der Waals surface area contributed by atoms with Gasteiger partial charge in [-0.2, -0.15) is 0 Å². The molecule has 0 saturated heterocycles. The summed E-state index contributed by atoms with van der Waals surface area (Å²) >= 11 is 0. The van der Waals surface area contributed by atoms with E-state index in [-0.39, 0.29) is 18.5 Å². The summed E-state index contributed by atoms with van der Waals surface area (Å²) in [5.74, 6) is -2.66. The first-order chi connectivity index (χ1) is 12.0. The van der Waals surface area contributed by atoms with Crippen molar-refractivity contribution in [2.45, 2.75) is 6.42 Å². The van der Waals surface area contributed by atoms with Crippen molar-refractivity contribution in [2.24, 2.45) is 0 Å². The minimum absolute atomic E-state index is 0.220. The van der Waals surface area contributed by atoms with Crippen molar-refractivity contribution in [2.75, 3.05) is 6.54 Å². The number of rotatable bonds is 4. The molecule has 0 bridgehead atoms. The Kier molecular flexibility index (Phi) is 4.43. The van der Waals surface area contributed by atoms with Gasteiger partial charge < -0.3 is 5.11 Å². The zero-order chi connectivity index (χ0) is 18.0. The molecule has 1 heterocycles. The van der Waals surface area contributed by atoms with Crippen LogP contribution in [0.3, 0.4) is 0 Å². The van der Waals surface area contributed by atoms with Crippen LogP contribution in [0.15, 0.2) is 48.5 Å². The molecular weight excluding hydrogens is 325 g/mol. The number of hydrogen-bond acceptors (Lipinski definition) is 3. The predicted molar refractivity (Wildman–Crippen MR) is 89.0 cm³/mol. The smallest absolute Gasteiger partial charge is 0.305 e. The predicted octanol–water partition coefficient (Wildman–Crippen LogP) is 2.82. The van der Waals surface area contributed by atoms with E-state index < -0.39 is 23.6 Å². The highest BCUT2D eigenvalue weighted by Crippen LogP contribution is 2.30. The standard InChI is InChI=1S/C19H14FNO4/c20-13-5-3-4-12(10-13)11-16-14-6-1-2-7-15(14)18(24)21(19(16)25)9-8-17(22)23/h1-7,10-11H,8-9H2,(H,22,23)/b16-11-. The molecule has 1 aliphatic rings. The van der Waals surface area contributed by atoms with Gasteiger partial charge in [0, 0.05) is 17.7 Å². The van der Waals surface area contributed by atoms with Gasteiger partial charge in [-0.1, -0.05) is 30.3 Å². The number of amides is 2. The van der Waals surface area contributed by atoms with Crippen LogP contribution >= 0.6 is 0 Å². The fourth-order valence-electron chi connectivity index (χ4n) is 2.72. The first kappa shape index (κ1) is 16.6. The van der Waals surface area contributed by atoms with Crippen LogP contribution in [0.4, 0.5) is 4.39 Å². The maximum Gasteiger partial charge on any atom is 0.305 e. The van der Waals surface area contributed by atoms with Gasteiger partial charge in [0.15, 0.2) is 0 Å². The quantitative estimate of drug-likeness (QED) is 0.687. The van der Waals surface area contributed by atoms with Crippen LogP contribution in [-0.4, -0.2) is 34.3 Å². The van der Waals surface area contributed by atoms with Crippen LogP contribution in [0.25, 0.3) is 11.6 Å². The van der Waals surface area contributed by atoms with Crippen molar-refractivity contribution < 1.29 is 23.9 Å². The zero-order valence-corrected chi connectivity index (χ0v) is 13.1. The van der Waals surface area contributed by atoms with Crippen molar-refractivity contribution in [1.82, 2.24) is 4.90 Å². The number of imide groups is 1. The van der Waals surface area contributed by atoms with Crippen LogP contribution in [0.5, 0.6) is 0 Å². The summed E-state index contributed by atoms with van der Waals surface area (Å²) in [5.41, 5.74) is 1.47. The molecule has 5 nitrogen and oxygen atoms in total. The minimum atomic E-state index is -1.10. The lowest BCUT2D eigenvalue weighted by Gasteiger charge is -2.28. The van der Waals surface area contributed by atoms with Crippen LogP contribution < -0.4 is 0 Å². The van der Waals surface area contributed by atoms with Gasteiger partial charge in [0.25, 0.3) is 11.8 Å². The van der Waals surface area contributed by atoms with Crippen molar-refractivity contribution in [3.05, 3.63) is 71.0 Å². The number of aliphatic carboxylic acids is 1. The molecule has 6 heteroatoms. The summed E-state index contributed by atoms with van der Waals surface area (Å²) < 4.78 is 13.4. The number of carbonyl (C=O) groups excluding carboxylic acids is 2. The van der Waals surface area contributed by atoms with Gasteiger partial charge in [-0.05, 0) is 35.4 Å². The molecule has 126 valence electrons. The molecule has 0 aromatic heterocycles. The summed E-state index contributed by atoms with van der Waals surface area (Å²) in [5, 5.41) is 8.84. The molecule has 0 atom stereocenters. The van der Waals surface area contributed by atoms with E-state index >= 15 is 0 Å². The van der Waals surface area contributed by atoms with Gasteiger partial charge in [-0.3, -0.25) is 19.3 Å². The Bertz CT molecular complexity index is 904. The Balaban J connectivity index is 2.09. The van der Waals surface area contributed by atoms with E-state index in [4.69, 9.17) is 5.11 Å². The van der Waals surface area contributed by atoms with E-state index in [9.17, 15) is 18.8 Å². The first-order valence-electron chi connectivity index (χ1n) is 7.62. The van der Waals surface area contributed by atoms with Crippen LogP contribution in [0, 0.1) is 5.82 Å². The number of fused-ring (bicyclic) bond motifs is 1. The number of carbonyl (C=O) groups is 3. The average molecular weight is 339 g/mol. The Hall–Kier alpha value is -3.28. The minimum Gasteiger partial charge on any atom is -0.481 e. The lowest BCUT2D eigenvalue weighted by atomic mass is 9.92. The second-order valence-electron chi connectivity index (χ2n) is 5.56. The van der Waals surface area contributed by atoms with Gasteiger partial charge in [-0.25, -0.2) is 4.39 Å². The summed E-state index contributed by atoms with van der Waals surface area (Å²) in [6.45, 7) is -0.220. The molecule has 2 aromatic rings. The monoisotopic (exact) mass is 339 g/mol. The molecule has 25 heavy (non-hydrogen) atoms. The highest BCUT2D eigenvalue weighted by Gasteiger charge is 2.34. The summed E-state index contributed by atoms with van der Waals surface area (Å²) in [6, 6.07) is 12.3. The van der Waals surface area contributed by atoms with Crippen LogP contribution in [0.2, 0.25) is 0 Å². The normalized spacial score (nSPS) is 15.4. The number of halogens is 1. The highest BCUT2D eigenvalue weighted by atomic mass is 19.1. The molecule has 0 spiro atoms. The van der Waals surface area contributed by atoms with Crippen LogP contribution in [0.1, 0.15) is 27.9 Å².